The van der Waals surface area contributed by atoms with Crippen LogP contribution >= 0.6 is 46.4 Å². The van der Waals surface area contributed by atoms with Gasteiger partial charge in [-0.15, -0.1) is 0 Å². The van der Waals surface area contributed by atoms with E-state index in [1.807, 2.05) is 0 Å². The van der Waals surface area contributed by atoms with Crippen molar-refractivity contribution in [3.05, 3.63) is 23.8 Å². The van der Waals surface area contributed by atoms with E-state index < -0.39 is 9.58 Å². The molecule has 0 N–H and O–H groups in total. The minimum Gasteiger partial charge on any atom is -0.288 e. The zero-order valence-electron chi connectivity index (χ0n) is 5.28. The van der Waals surface area contributed by atoms with Gasteiger partial charge >= 0.3 is 0 Å². The Morgan fingerprint density at radius 1 is 1.36 bits per heavy atom. The largest absolute Gasteiger partial charge is 0.288 e. The van der Waals surface area contributed by atoms with Gasteiger partial charge < -0.3 is 0 Å². The number of hydrogen-bond donors (Lipinski definition) is 0. The van der Waals surface area contributed by atoms with Crippen LogP contribution in [0.3, 0.4) is 0 Å². The van der Waals surface area contributed by atoms with Gasteiger partial charge in [-0.25, -0.2) is 0 Å². The molecule has 0 aliphatic rings. The second-order valence-corrected chi connectivity index (χ2v) is 4.27. The monoisotopic (exact) mass is 232 g/mol. The number of alkyl halides is 3. The van der Waals surface area contributed by atoms with Crippen LogP contribution in [0.5, 0.6) is 0 Å². The number of Topliss-reactive ketones (excluding diaryl/α,β-unsaturated/α-hetero) is 1. The number of ketones is 1. The van der Waals surface area contributed by atoms with Gasteiger partial charge in [0.2, 0.25) is 5.78 Å². The fourth-order valence-corrected chi connectivity index (χ4v) is 0.996. The zero-order chi connectivity index (χ0) is 9.07. The molecule has 0 unspecified atom stereocenters. The quantitative estimate of drug-likeness (QED) is 0.407. The molecule has 0 spiro atoms. The van der Waals surface area contributed by atoms with Crippen molar-refractivity contribution in [3.8, 4) is 0 Å². The molecule has 0 heterocycles. The molecule has 0 aromatic heterocycles. The Bertz CT molecular complexity index is 201. The Labute approximate surface area is 84.6 Å². The molecule has 5 heteroatoms. The maximum Gasteiger partial charge on any atom is 0.254 e. The first kappa shape index (κ1) is 11.3. The van der Waals surface area contributed by atoms with E-state index in [0.717, 1.165) is 0 Å². The SMILES string of the molecule is C=C/C=C(\Cl)C(=O)C(Cl)(Cl)Cl. The first-order valence-electron chi connectivity index (χ1n) is 2.49. The van der Waals surface area contributed by atoms with Crippen LogP contribution < -0.4 is 0 Å². The summed E-state index contributed by atoms with van der Waals surface area (Å²) in [6.45, 7) is 3.32. The zero-order valence-corrected chi connectivity index (χ0v) is 8.31. The summed E-state index contributed by atoms with van der Waals surface area (Å²) in [4.78, 5) is 10.9. The summed E-state index contributed by atoms with van der Waals surface area (Å²) in [5.41, 5.74) is 0. The lowest BCUT2D eigenvalue weighted by Gasteiger charge is -2.06. The second-order valence-electron chi connectivity index (χ2n) is 1.58. The molecule has 1 nitrogen and oxygen atoms in total. The lowest BCUT2D eigenvalue weighted by molar-refractivity contribution is -0.114. The molecule has 0 saturated carbocycles. The van der Waals surface area contributed by atoms with E-state index in [2.05, 4.69) is 6.58 Å². The highest BCUT2D eigenvalue weighted by Gasteiger charge is 2.32. The van der Waals surface area contributed by atoms with Crippen molar-refractivity contribution < 1.29 is 4.79 Å². The normalized spacial score (nSPS) is 12.9. The Morgan fingerprint density at radius 3 is 2.09 bits per heavy atom. The summed E-state index contributed by atoms with van der Waals surface area (Å²) < 4.78 is -1.99. The van der Waals surface area contributed by atoms with Crippen LogP contribution in [-0.4, -0.2) is 9.58 Å². The Kier molecular flexibility index (Phi) is 4.49. The third-order valence-electron chi connectivity index (χ3n) is 0.739. The smallest absolute Gasteiger partial charge is 0.254 e. The highest BCUT2D eigenvalue weighted by Crippen LogP contribution is 2.31. The van der Waals surface area contributed by atoms with Crippen molar-refractivity contribution in [1.82, 2.24) is 0 Å². The summed E-state index contributed by atoms with van der Waals surface area (Å²) in [5.74, 6) is -0.760. The van der Waals surface area contributed by atoms with E-state index in [4.69, 9.17) is 46.4 Å². The fraction of sp³-hybridized carbons (Fsp3) is 0.167. The molecule has 0 radical (unpaired) electrons. The molecular weight excluding hydrogens is 230 g/mol. The number of rotatable bonds is 2. The third kappa shape index (κ3) is 4.02. The molecule has 0 atom stereocenters. The maximum atomic E-state index is 10.9. The van der Waals surface area contributed by atoms with E-state index in [0.29, 0.717) is 0 Å². The topological polar surface area (TPSA) is 17.1 Å². The maximum absolute atomic E-state index is 10.9. The van der Waals surface area contributed by atoms with Crippen molar-refractivity contribution in [1.29, 1.82) is 0 Å². The number of halogens is 4. The predicted molar refractivity (Wildman–Crippen MR) is 49.4 cm³/mol. The van der Waals surface area contributed by atoms with Gasteiger partial charge in [0.1, 0.15) is 0 Å². The lowest BCUT2D eigenvalue weighted by atomic mass is 10.4. The van der Waals surface area contributed by atoms with Gasteiger partial charge in [-0.3, -0.25) is 4.79 Å². The van der Waals surface area contributed by atoms with Crippen LogP contribution in [0.15, 0.2) is 23.8 Å². The molecule has 0 aliphatic carbocycles. The molecular formula is C6H4Cl4O. The Morgan fingerprint density at radius 2 is 1.82 bits per heavy atom. The number of carbonyl (C=O) groups is 1. The van der Waals surface area contributed by atoms with Crippen LogP contribution in [0.2, 0.25) is 0 Å². The van der Waals surface area contributed by atoms with Crippen molar-refractivity contribution in [2.24, 2.45) is 0 Å². The van der Waals surface area contributed by atoms with Gasteiger partial charge in [0, 0.05) is 0 Å². The van der Waals surface area contributed by atoms with Crippen LogP contribution in [0, 0.1) is 0 Å². The number of carbonyl (C=O) groups excluding carboxylic acids is 1. The standard InChI is InChI=1S/C6H4Cl4O/c1-2-3-4(7)5(11)6(8,9)10/h2-3H,1H2/b4-3-. The minimum atomic E-state index is -1.99. The van der Waals surface area contributed by atoms with Crippen LogP contribution in [0.25, 0.3) is 0 Å². The first-order chi connectivity index (χ1) is 4.89. The molecule has 0 saturated heterocycles. The van der Waals surface area contributed by atoms with E-state index in [-0.39, 0.29) is 5.03 Å². The van der Waals surface area contributed by atoms with Crippen molar-refractivity contribution in [3.63, 3.8) is 0 Å². The summed E-state index contributed by atoms with van der Waals surface area (Å²) >= 11 is 21.1. The summed E-state index contributed by atoms with van der Waals surface area (Å²) in [5, 5.41) is -0.153. The number of hydrogen-bond acceptors (Lipinski definition) is 1. The van der Waals surface area contributed by atoms with Gasteiger partial charge in [-0.1, -0.05) is 59.1 Å². The Balaban J connectivity index is 4.51. The lowest BCUT2D eigenvalue weighted by Crippen LogP contribution is -2.18. The molecule has 62 valence electrons. The first-order valence-corrected chi connectivity index (χ1v) is 4.00. The average Bonchev–Trinajstić information content (AvgIpc) is 1.85. The highest BCUT2D eigenvalue weighted by molar-refractivity contribution is 6.79. The predicted octanol–water partition coefficient (Wildman–Crippen LogP) is 3.23. The Hall–Kier alpha value is 0.310. The highest BCUT2D eigenvalue weighted by atomic mass is 35.6. The molecule has 0 aromatic carbocycles. The van der Waals surface area contributed by atoms with Gasteiger partial charge in [-0.2, -0.15) is 0 Å². The molecule has 0 bridgehead atoms. The van der Waals surface area contributed by atoms with Crippen molar-refractivity contribution in [2.75, 3.05) is 0 Å². The van der Waals surface area contributed by atoms with Crippen LogP contribution in [-0.2, 0) is 4.79 Å². The second kappa shape index (κ2) is 4.36. The minimum absolute atomic E-state index is 0.153. The number of allylic oxidation sites excluding steroid dienone is 3. The van der Waals surface area contributed by atoms with Crippen LogP contribution in [0.4, 0.5) is 0 Å². The molecule has 0 aliphatic heterocycles. The van der Waals surface area contributed by atoms with Crippen LogP contribution in [0.1, 0.15) is 0 Å². The molecule has 0 aromatic rings. The molecule has 11 heavy (non-hydrogen) atoms. The van der Waals surface area contributed by atoms with Gasteiger partial charge in [0.05, 0.1) is 5.03 Å². The fourth-order valence-electron chi connectivity index (χ4n) is 0.315. The summed E-state index contributed by atoms with van der Waals surface area (Å²) in [6, 6.07) is 0. The molecule has 0 fully saturated rings. The van der Waals surface area contributed by atoms with Crippen molar-refractivity contribution >= 4 is 52.2 Å². The van der Waals surface area contributed by atoms with E-state index in [1.165, 1.54) is 12.2 Å². The third-order valence-corrected chi connectivity index (χ3v) is 1.55. The molecule has 0 rings (SSSR count). The van der Waals surface area contributed by atoms with Crippen molar-refractivity contribution in [2.45, 2.75) is 3.79 Å². The van der Waals surface area contributed by atoms with E-state index >= 15 is 0 Å². The summed E-state index contributed by atoms with van der Waals surface area (Å²) in [6.07, 6.45) is 2.59. The molecule has 0 amide bonds. The van der Waals surface area contributed by atoms with E-state index in [1.54, 1.807) is 0 Å². The van der Waals surface area contributed by atoms with Gasteiger partial charge in [0.15, 0.2) is 0 Å². The average molecular weight is 234 g/mol. The summed E-state index contributed by atoms with van der Waals surface area (Å²) in [7, 11) is 0. The van der Waals surface area contributed by atoms with Gasteiger partial charge in [0.25, 0.3) is 3.79 Å². The van der Waals surface area contributed by atoms with Gasteiger partial charge in [-0.05, 0) is 6.08 Å². The van der Waals surface area contributed by atoms with E-state index in [9.17, 15) is 4.79 Å².